The summed E-state index contributed by atoms with van der Waals surface area (Å²) in [4.78, 5) is 51.2. The van der Waals surface area contributed by atoms with Gasteiger partial charge in [0.2, 0.25) is 5.91 Å². The summed E-state index contributed by atoms with van der Waals surface area (Å²) in [6.07, 6.45) is 4.59. The van der Waals surface area contributed by atoms with Crippen molar-refractivity contribution in [2.24, 2.45) is 17.3 Å². The van der Waals surface area contributed by atoms with Gasteiger partial charge < -0.3 is 15.8 Å². The van der Waals surface area contributed by atoms with Crippen molar-refractivity contribution in [3.05, 3.63) is 20.8 Å². The van der Waals surface area contributed by atoms with E-state index in [9.17, 15) is 19.2 Å². The van der Waals surface area contributed by atoms with E-state index in [0.717, 1.165) is 17.4 Å². The van der Waals surface area contributed by atoms with Crippen LogP contribution >= 0.6 is 0 Å². The molecular formula is C22H34N4O5. The molecule has 3 N–H and O–H groups in total. The number of anilines is 2. The Labute approximate surface area is 181 Å². The second-order valence-electron chi connectivity index (χ2n) is 8.79. The molecule has 9 heteroatoms. The zero-order valence-electron chi connectivity index (χ0n) is 18.7. The first-order valence-electron chi connectivity index (χ1n) is 11.4. The molecule has 1 heterocycles. The van der Waals surface area contributed by atoms with Gasteiger partial charge in [-0.05, 0) is 57.8 Å². The average Bonchev–Trinajstić information content (AvgIpc) is 3.09. The van der Waals surface area contributed by atoms with E-state index >= 15 is 0 Å². The third kappa shape index (κ3) is 4.14. The molecule has 2 bridgehead atoms. The highest BCUT2D eigenvalue weighted by atomic mass is 16.5. The molecule has 0 radical (unpaired) electrons. The van der Waals surface area contributed by atoms with E-state index in [1.54, 1.807) is 6.92 Å². The van der Waals surface area contributed by atoms with Crippen LogP contribution in [0.5, 0.6) is 0 Å². The maximum Gasteiger partial charge on any atom is 0.332 e. The summed E-state index contributed by atoms with van der Waals surface area (Å²) in [7, 11) is 0. The van der Waals surface area contributed by atoms with E-state index in [1.807, 2.05) is 13.8 Å². The van der Waals surface area contributed by atoms with Crippen LogP contribution in [-0.4, -0.2) is 27.6 Å². The Hall–Kier alpha value is -2.58. The monoisotopic (exact) mass is 434 g/mol. The van der Waals surface area contributed by atoms with Crippen LogP contribution in [0.2, 0.25) is 0 Å². The number of rotatable bonds is 8. The number of carbonyl (C=O) groups excluding carboxylic acids is 2. The number of amides is 1. The lowest BCUT2D eigenvalue weighted by molar-refractivity contribution is -0.157. The summed E-state index contributed by atoms with van der Waals surface area (Å²) in [6.45, 7) is 6.57. The van der Waals surface area contributed by atoms with Crippen molar-refractivity contribution in [3.8, 4) is 0 Å². The number of nitrogens with two attached hydrogens (primary N) is 1. The molecule has 3 atom stereocenters. The number of nitrogens with one attached hydrogen (secondary N) is 1. The number of nitrogen functional groups attached to an aromatic ring is 1. The highest BCUT2D eigenvalue weighted by molar-refractivity contribution is 5.95. The number of carbonyl (C=O) groups is 2. The fraction of sp³-hybridized carbons (Fsp3) is 0.727. The first-order chi connectivity index (χ1) is 14.8. The third-order valence-corrected chi connectivity index (χ3v) is 6.81. The van der Waals surface area contributed by atoms with Crippen LogP contribution in [0.4, 0.5) is 11.5 Å². The molecule has 3 rings (SSSR count). The molecule has 1 amide bonds. The zero-order valence-corrected chi connectivity index (χ0v) is 18.7. The summed E-state index contributed by atoms with van der Waals surface area (Å²) in [5, 5.41) is 2.75. The Kier molecular flexibility index (Phi) is 6.91. The van der Waals surface area contributed by atoms with E-state index < -0.39 is 16.7 Å². The van der Waals surface area contributed by atoms with Crippen LogP contribution in [0.1, 0.15) is 65.7 Å². The van der Waals surface area contributed by atoms with Gasteiger partial charge in [0.15, 0.2) is 0 Å². The van der Waals surface area contributed by atoms with Crippen LogP contribution in [0.3, 0.4) is 0 Å². The molecule has 2 aliphatic rings. The smallest absolute Gasteiger partial charge is 0.332 e. The van der Waals surface area contributed by atoms with Gasteiger partial charge in [-0.2, -0.15) is 0 Å². The highest BCUT2D eigenvalue weighted by Gasteiger charge is 2.53. The molecule has 0 aromatic carbocycles. The van der Waals surface area contributed by atoms with Crippen molar-refractivity contribution in [2.75, 3.05) is 17.7 Å². The van der Waals surface area contributed by atoms with E-state index in [-0.39, 0.29) is 41.8 Å². The van der Waals surface area contributed by atoms with Crippen molar-refractivity contribution in [1.29, 1.82) is 0 Å². The largest absolute Gasteiger partial charge is 0.466 e. The summed E-state index contributed by atoms with van der Waals surface area (Å²) in [5.74, 6) is -0.651. The summed E-state index contributed by atoms with van der Waals surface area (Å²) < 4.78 is 7.77. The molecule has 2 saturated carbocycles. The number of fused-ring (bicyclic) bond motifs is 2. The minimum atomic E-state index is -0.562. The predicted molar refractivity (Wildman–Crippen MR) is 118 cm³/mol. The van der Waals surface area contributed by atoms with Crippen molar-refractivity contribution < 1.29 is 14.3 Å². The fourth-order valence-corrected chi connectivity index (χ4v) is 5.23. The maximum absolute atomic E-state index is 13.2. The topological polar surface area (TPSA) is 125 Å². The molecule has 2 aliphatic carbocycles. The minimum Gasteiger partial charge on any atom is -0.466 e. The van der Waals surface area contributed by atoms with Crippen LogP contribution < -0.4 is 22.3 Å². The first kappa shape index (κ1) is 23.1. The van der Waals surface area contributed by atoms with E-state index in [1.165, 1.54) is 4.57 Å². The van der Waals surface area contributed by atoms with Gasteiger partial charge in [0.1, 0.15) is 11.5 Å². The summed E-state index contributed by atoms with van der Waals surface area (Å²) in [5.41, 5.74) is 4.65. The van der Waals surface area contributed by atoms with Gasteiger partial charge in [0.25, 0.3) is 5.56 Å². The Bertz CT molecular complexity index is 966. The number of nitrogens with zero attached hydrogens (tertiary/aromatic N) is 2. The maximum atomic E-state index is 13.2. The van der Waals surface area contributed by atoms with E-state index in [4.69, 9.17) is 10.5 Å². The lowest BCUT2D eigenvalue weighted by Crippen LogP contribution is -2.44. The van der Waals surface area contributed by atoms with Gasteiger partial charge in [0.05, 0.1) is 12.0 Å². The molecule has 2 fully saturated rings. The van der Waals surface area contributed by atoms with Crippen LogP contribution in [0, 0.1) is 17.3 Å². The molecule has 9 nitrogen and oxygen atoms in total. The number of ether oxygens (including phenoxy) is 1. The Morgan fingerprint density at radius 3 is 2.39 bits per heavy atom. The SMILES string of the molecule is CCCn1c(N)c(NC(=O)C2CCC3(C(=O)OCC)CCC2C3)c(=O)n(CCC)c1=O. The molecular weight excluding hydrogens is 400 g/mol. The van der Waals surface area contributed by atoms with Crippen molar-refractivity contribution in [2.45, 2.75) is 78.8 Å². The number of hydrogen-bond acceptors (Lipinski definition) is 6. The Balaban J connectivity index is 1.85. The van der Waals surface area contributed by atoms with Crippen LogP contribution in [0.25, 0.3) is 0 Å². The molecule has 0 spiro atoms. The van der Waals surface area contributed by atoms with Crippen LogP contribution in [0.15, 0.2) is 9.59 Å². The summed E-state index contributed by atoms with van der Waals surface area (Å²) in [6, 6.07) is 0. The van der Waals surface area contributed by atoms with Gasteiger partial charge in [-0.25, -0.2) is 4.79 Å². The predicted octanol–water partition coefficient (Wildman–Crippen LogP) is 2.11. The lowest BCUT2D eigenvalue weighted by atomic mass is 9.71. The van der Waals surface area contributed by atoms with Gasteiger partial charge in [-0.3, -0.25) is 23.5 Å². The number of aromatic nitrogens is 2. The molecule has 1 aromatic heterocycles. The van der Waals surface area contributed by atoms with Crippen molar-refractivity contribution >= 4 is 23.4 Å². The number of esters is 1. The van der Waals surface area contributed by atoms with E-state index in [0.29, 0.717) is 45.3 Å². The van der Waals surface area contributed by atoms with Gasteiger partial charge >= 0.3 is 11.7 Å². The standard InChI is InChI=1S/C22H34N4O5/c1-4-11-25-17(23)16(19(28)26(12-5-2)21(25)30)24-18(27)15-8-10-22(20(29)31-6-3)9-7-14(15)13-22/h14-15H,4-13,23H2,1-3H3,(H,24,27). The second-order valence-corrected chi connectivity index (χ2v) is 8.79. The molecule has 0 aliphatic heterocycles. The first-order valence-corrected chi connectivity index (χ1v) is 11.4. The average molecular weight is 435 g/mol. The van der Waals surface area contributed by atoms with Crippen LogP contribution in [-0.2, 0) is 27.4 Å². The van der Waals surface area contributed by atoms with Crippen molar-refractivity contribution in [1.82, 2.24) is 9.13 Å². The highest BCUT2D eigenvalue weighted by Crippen LogP contribution is 2.54. The Morgan fingerprint density at radius 2 is 1.74 bits per heavy atom. The molecule has 172 valence electrons. The quantitative estimate of drug-likeness (QED) is 0.604. The molecule has 3 unspecified atom stereocenters. The summed E-state index contributed by atoms with van der Waals surface area (Å²) >= 11 is 0. The zero-order chi connectivity index (χ0) is 22.8. The van der Waals surface area contributed by atoms with Crippen molar-refractivity contribution in [3.63, 3.8) is 0 Å². The lowest BCUT2D eigenvalue weighted by Gasteiger charge is -2.34. The Morgan fingerprint density at radius 1 is 1.10 bits per heavy atom. The normalized spacial score (nSPS) is 24.7. The molecule has 31 heavy (non-hydrogen) atoms. The second kappa shape index (κ2) is 9.28. The van der Waals surface area contributed by atoms with Gasteiger partial charge in [0, 0.05) is 19.0 Å². The van der Waals surface area contributed by atoms with Gasteiger partial charge in [-0.15, -0.1) is 0 Å². The van der Waals surface area contributed by atoms with Gasteiger partial charge in [-0.1, -0.05) is 13.8 Å². The number of hydrogen-bond donors (Lipinski definition) is 2. The minimum absolute atomic E-state index is 0.000606. The molecule has 1 aromatic rings. The third-order valence-electron chi connectivity index (χ3n) is 6.81. The molecule has 0 saturated heterocycles. The van der Waals surface area contributed by atoms with E-state index in [2.05, 4.69) is 5.32 Å². The fourth-order valence-electron chi connectivity index (χ4n) is 5.23.